The van der Waals surface area contributed by atoms with E-state index in [9.17, 15) is 9.59 Å². The van der Waals surface area contributed by atoms with Gasteiger partial charge in [0.2, 0.25) is 0 Å². The molecule has 0 spiro atoms. The molecule has 0 amide bonds. The average molecular weight is 246 g/mol. The van der Waals surface area contributed by atoms with Gasteiger partial charge in [-0.2, -0.15) is 0 Å². The molecule has 94 valence electrons. The van der Waals surface area contributed by atoms with Crippen molar-refractivity contribution in [3.63, 3.8) is 0 Å². The molecule has 0 heterocycles. The van der Waals surface area contributed by atoms with Crippen LogP contribution in [0.15, 0.2) is 24.3 Å². The number of allylic oxidation sites excluding steroid dienone is 2. The lowest BCUT2D eigenvalue weighted by Gasteiger charge is -1.91. The van der Waals surface area contributed by atoms with E-state index in [2.05, 4.69) is 33.2 Å². The van der Waals surface area contributed by atoms with Crippen LogP contribution in [0.5, 0.6) is 0 Å². The van der Waals surface area contributed by atoms with Crippen molar-refractivity contribution in [3.8, 4) is 23.7 Å². The fourth-order valence-corrected chi connectivity index (χ4v) is 0.756. The summed E-state index contributed by atoms with van der Waals surface area (Å²) in [5, 5.41) is 0. The van der Waals surface area contributed by atoms with Crippen LogP contribution in [0.1, 0.15) is 13.8 Å². The molecular weight excluding hydrogens is 232 g/mol. The number of hydrogen-bond donors (Lipinski definition) is 0. The monoisotopic (exact) mass is 246 g/mol. The van der Waals surface area contributed by atoms with Crippen molar-refractivity contribution in [3.05, 3.63) is 24.3 Å². The van der Waals surface area contributed by atoms with Crippen molar-refractivity contribution in [2.75, 3.05) is 13.2 Å². The molecule has 0 aliphatic heterocycles. The molecule has 0 saturated heterocycles. The molecule has 0 bridgehead atoms. The van der Waals surface area contributed by atoms with Gasteiger partial charge < -0.3 is 9.47 Å². The summed E-state index contributed by atoms with van der Waals surface area (Å²) in [5.41, 5.74) is 0. The number of rotatable bonds is 4. The minimum absolute atomic E-state index is 0.328. The van der Waals surface area contributed by atoms with Crippen LogP contribution >= 0.6 is 0 Å². The van der Waals surface area contributed by atoms with Gasteiger partial charge in [-0.15, -0.1) is 0 Å². The van der Waals surface area contributed by atoms with E-state index in [0.717, 1.165) is 0 Å². The van der Waals surface area contributed by atoms with Crippen LogP contribution in [0.3, 0.4) is 0 Å². The van der Waals surface area contributed by atoms with Gasteiger partial charge in [-0.1, -0.05) is 11.8 Å². The summed E-state index contributed by atoms with van der Waals surface area (Å²) in [6.45, 7) is 4.10. The van der Waals surface area contributed by atoms with Crippen molar-refractivity contribution < 1.29 is 19.1 Å². The maximum absolute atomic E-state index is 10.8. The Morgan fingerprint density at radius 3 is 1.61 bits per heavy atom. The second kappa shape index (κ2) is 11.0. The molecule has 0 aromatic heterocycles. The highest BCUT2D eigenvalue weighted by Gasteiger charge is 1.90. The van der Waals surface area contributed by atoms with Crippen LogP contribution in [-0.2, 0) is 19.1 Å². The Hall–Kier alpha value is -2.46. The molecule has 0 aliphatic rings. The molecule has 0 rings (SSSR count). The van der Waals surface area contributed by atoms with E-state index < -0.39 is 11.9 Å². The molecule has 0 atom stereocenters. The fourth-order valence-electron chi connectivity index (χ4n) is 0.756. The quantitative estimate of drug-likeness (QED) is 0.425. The maximum atomic E-state index is 10.8. The molecule has 4 nitrogen and oxygen atoms in total. The average Bonchev–Trinajstić information content (AvgIpc) is 2.33. The lowest BCUT2D eigenvalue weighted by Crippen LogP contribution is -1.98. The van der Waals surface area contributed by atoms with E-state index >= 15 is 0 Å². The van der Waals surface area contributed by atoms with Gasteiger partial charge in [-0.25, -0.2) is 9.59 Å². The topological polar surface area (TPSA) is 52.6 Å². The Kier molecular flexibility index (Phi) is 9.53. The summed E-state index contributed by atoms with van der Waals surface area (Å²) < 4.78 is 9.29. The first kappa shape index (κ1) is 15.5. The van der Waals surface area contributed by atoms with Gasteiger partial charge in [-0.3, -0.25) is 0 Å². The van der Waals surface area contributed by atoms with Crippen LogP contribution in [0.4, 0.5) is 0 Å². The second-order valence-electron chi connectivity index (χ2n) is 2.71. The summed E-state index contributed by atoms with van der Waals surface area (Å²) in [7, 11) is 0. The molecule has 0 aromatic rings. The van der Waals surface area contributed by atoms with E-state index in [1.165, 1.54) is 24.3 Å². The number of carbonyl (C=O) groups excluding carboxylic acids is 2. The molecular formula is C14H14O4. The zero-order chi connectivity index (χ0) is 13.6. The highest BCUT2D eigenvalue weighted by molar-refractivity contribution is 5.83. The third-order valence-corrected chi connectivity index (χ3v) is 1.39. The van der Waals surface area contributed by atoms with Gasteiger partial charge in [0.05, 0.1) is 13.2 Å². The first-order valence-electron chi connectivity index (χ1n) is 5.38. The van der Waals surface area contributed by atoms with Crippen LogP contribution in [0.25, 0.3) is 0 Å². The lowest BCUT2D eigenvalue weighted by molar-refractivity contribution is -0.138. The van der Waals surface area contributed by atoms with Gasteiger partial charge in [0, 0.05) is 12.2 Å². The first-order valence-corrected chi connectivity index (χ1v) is 5.38. The highest BCUT2D eigenvalue weighted by Crippen LogP contribution is 1.80. The Bertz CT molecular complexity index is 406. The smallest absolute Gasteiger partial charge is 0.331 e. The standard InChI is InChI=1S/C14H14O4/c1-3-17-13(15)11-9-7-5-6-8-10-12-14(16)18-4-2/h9-12H,3-4H2,1-2H3/b11-9-,12-10-. The van der Waals surface area contributed by atoms with E-state index in [1.807, 2.05) is 0 Å². The maximum Gasteiger partial charge on any atom is 0.331 e. The van der Waals surface area contributed by atoms with Crippen molar-refractivity contribution in [2.45, 2.75) is 13.8 Å². The third-order valence-electron chi connectivity index (χ3n) is 1.39. The molecule has 0 aromatic carbocycles. The zero-order valence-electron chi connectivity index (χ0n) is 10.4. The lowest BCUT2D eigenvalue weighted by atomic mass is 10.4. The van der Waals surface area contributed by atoms with E-state index in [1.54, 1.807) is 13.8 Å². The Labute approximate surface area is 107 Å². The molecule has 0 aliphatic carbocycles. The number of carbonyl (C=O) groups is 2. The molecule has 0 fully saturated rings. The predicted octanol–water partition coefficient (Wildman–Crippen LogP) is 1.23. The van der Waals surface area contributed by atoms with E-state index in [4.69, 9.17) is 0 Å². The summed E-state index contributed by atoms with van der Waals surface area (Å²) in [6.07, 6.45) is 5.13. The van der Waals surface area contributed by atoms with Gasteiger partial charge in [0.1, 0.15) is 0 Å². The Morgan fingerprint density at radius 1 is 0.889 bits per heavy atom. The van der Waals surface area contributed by atoms with Crippen molar-refractivity contribution in [1.82, 2.24) is 0 Å². The first-order chi connectivity index (χ1) is 8.70. The molecule has 0 radical (unpaired) electrons. The summed E-state index contributed by atoms with van der Waals surface area (Å²) in [5.74, 6) is 9.14. The highest BCUT2D eigenvalue weighted by atomic mass is 16.5. The third kappa shape index (κ3) is 10.1. The molecule has 18 heavy (non-hydrogen) atoms. The summed E-state index contributed by atoms with van der Waals surface area (Å²) in [4.78, 5) is 21.7. The number of ether oxygens (including phenoxy) is 2. The minimum Gasteiger partial charge on any atom is -0.463 e. The minimum atomic E-state index is -0.443. The second-order valence-corrected chi connectivity index (χ2v) is 2.71. The SMILES string of the molecule is CCOC(=O)/C=C\C#CC#C/C=C\C(=O)OCC. The Morgan fingerprint density at radius 2 is 1.28 bits per heavy atom. The zero-order valence-corrected chi connectivity index (χ0v) is 10.4. The molecule has 4 heteroatoms. The van der Waals surface area contributed by atoms with E-state index in [-0.39, 0.29) is 0 Å². The Balaban J connectivity index is 4.05. The molecule has 0 N–H and O–H groups in total. The largest absolute Gasteiger partial charge is 0.463 e. The van der Waals surface area contributed by atoms with Gasteiger partial charge in [-0.05, 0) is 37.8 Å². The van der Waals surface area contributed by atoms with Crippen molar-refractivity contribution in [2.24, 2.45) is 0 Å². The normalized spacial score (nSPS) is 9.22. The van der Waals surface area contributed by atoms with E-state index in [0.29, 0.717) is 13.2 Å². The van der Waals surface area contributed by atoms with Crippen molar-refractivity contribution >= 4 is 11.9 Å². The van der Waals surface area contributed by atoms with Crippen LogP contribution in [0, 0.1) is 23.7 Å². The van der Waals surface area contributed by atoms with Crippen LogP contribution in [-0.4, -0.2) is 25.2 Å². The summed E-state index contributed by atoms with van der Waals surface area (Å²) >= 11 is 0. The van der Waals surface area contributed by atoms with Gasteiger partial charge >= 0.3 is 11.9 Å². The number of esters is 2. The molecule has 0 saturated carbocycles. The predicted molar refractivity (Wildman–Crippen MR) is 67.1 cm³/mol. The van der Waals surface area contributed by atoms with Crippen LogP contribution < -0.4 is 0 Å². The fraction of sp³-hybridized carbons (Fsp3) is 0.286. The number of hydrogen-bond acceptors (Lipinski definition) is 4. The van der Waals surface area contributed by atoms with Crippen molar-refractivity contribution in [1.29, 1.82) is 0 Å². The van der Waals surface area contributed by atoms with Gasteiger partial charge in [0.25, 0.3) is 0 Å². The summed E-state index contributed by atoms with van der Waals surface area (Å²) in [6, 6.07) is 0. The van der Waals surface area contributed by atoms with Gasteiger partial charge in [0.15, 0.2) is 0 Å². The molecule has 0 unspecified atom stereocenters. The van der Waals surface area contributed by atoms with Crippen LogP contribution in [0.2, 0.25) is 0 Å².